The second-order valence-corrected chi connectivity index (χ2v) is 7.07. The molecule has 0 spiro atoms. The van der Waals surface area contributed by atoms with Crippen molar-refractivity contribution in [3.63, 3.8) is 0 Å². The number of carboxylic acid groups (broad SMARTS) is 1. The summed E-state index contributed by atoms with van der Waals surface area (Å²) in [5, 5.41) is 19.4. The number of carboxylic acids is 1. The Labute approximate surface area is 153 Å². The van der Waals surface area contributed by atoms with Gasteiger partial charge in [-0.05, 0) is 24.5 Å². The van der Waals surface area contributed by atoms with Crippen molar-refractivity contribution in [1.29, 1.82) is 0 Å². The van der Waals surface area contributed by atoms with Crippen molar-refractivity contribution in [2.75, 3.05) is 6.54 Å². The molecule has 0 aromatic heterocycles. The molecule has 1 aliphatic heterocycles. The average Bonchev–Trinajstić information content (AvgIpc) is 2.81. The first-order chi connectivity index (χ1) is 11.9. The van der Waals surface area contributed by atoms with E-state index in [1.54, 1.807) is 18.2 Å². The molecule has 0 radical (unpaired) electrons. The first-order valence-corrected chi connectivity index (χ1v) is 8.82. The molecular weight excluding hydrogens is 364 g/mol. The van der Waals surface area contributed by atoms with E-state index in [0.717, 1.165) is 11.8 Å². The van der Waals surface area contributed by atoms with Crippen LogP contribution in [0.1, 0.15) is 31.2 Å². The average molecular weight is 380 g/mol. The molecule has 0 atom stereocenters. The van der Waals surface area contributed by atoms with Gasteiger partial charge in [-0.1, -0.05) is 42.5 Å². The number of carbonyl (C=O) groups is 2. The van der Waals surface area contributed by atoms with E-state index in [1.165, 1.54) is 17.0 Å². The van der Waals surface area contributed by atoms with E-state index in [0.29, 0.717) is 40.6 Å². The minimum Gasteiger partial charge on any atom is -0.481 e. The number of amides is 1. The zero-order chi connectivity index (χ0) is 18.4. The standard InChI is InChI=1S/C16H16N2O5S2/c19-14(20)7-2-1-3-8-17-15(21)13(25-16(17)24)10-11-5-4-6-12(9-11)18(22)23/h4-6,9-10H,1-3,7-8H2,(H,19,20)/b13-10-. The van der Waals surface area contributed by atoms with Gasteiger partial charge < -0.3 is 5.11 Å². The molecule has 132 valence electrons. The van der Waals surface area contributed by atoms with Gasteiger partial charge >= 0.3 is 5.97 Å². The second kappa shape index (κ2) is 8.72. The van der Waals surface area contributed by atoms with E-state index in [9.17, 15) is 19.7 Å². The molecule has 0 aliphatic carbocycles. The fraction of sp³-hybridized carbons (Fsp3) is 0.312. The maximum absolute atomic E-state index is 12.4. The van der Waals surface area contributed by atoms with Gasteiger partial charge in [0.2, 0.25) is 0 Å². The lowest BCUT2D eigenvalue weighted by atomic mass is 10.1. The molecule has 7 nitrogen and oxygen atoms in total. The van der Waals surface area contributed by atoms with Crippen LogP contribution >= 0.6 is 24.0 Å². The van der Waals surface area contributed by atoms with Gasteiger partial charge in [-0.2, -0.15) is 0 Å². The summed E-state index contributed by atoms with van der Waals surface area (Å²) >= 11 is 6.39. The van der Waals surface area contributed by atoms with Crippen LogP contribution in [0.25, 0.3) is 6.08 Å². The molecule has 0 unspecified atom stereocenters. The van der Waals surface area contributed by atoms with Crippen molar-refractivity contribution < 1.29 is 19.6 Å². The number of benzene rings is 1. The number of hydrogen-bond acceptors (Lipinski definition) is 6. The Morgan fingerprint density at radius 2 is 2.12 bits per heavy atom. The Balaban J connectivity index is 1.99. The number of hydrogen-bond donors (Lipinski definition) is 1. The number of thiocarbonyl (C=S) groups is 1. The molecule has 1 aromatic rings. The van der Waals surface area contributed by atoms with Crippen LogP contribution < -0.4 is 0 Å². The monoisotopic (exact) mass is 380 g/mol. The van der Waals surface area contributed by atoms with Crippen molar-refractivity contribution in [2.45, 2.75) is 25.7 Å². The van der Waals surface area contributed by atoms with Crippen LogP contribution in [0.15, 0.2) is 29.2 Å². The summed E-state index contributed by atoms with van der Waals surface area (Å²) < 4.78 is 0.444. The van der Waals surface area contributed by atoms with E-state index in [-0.39, 0.29) is 18.0 Å². The topological polar surface area (TPSA) is 101 Å². The summed E-state index contributed by atoms with van der Waals surface area (Å²) in [6, 6.07) is 6.04. The van der Waals surface area contributed by atoms with Crippen LogP contribution in [0, 0.1) is 10.1 Å². The van der Waals surface area contributed by atoms with Crippen LogP contribution in [0.5, 0.6) is 0 Å². The number of carbonyl (C=O) groups excluding carboxylic acids is 1. The van der Waals surface area contributed by atoms with Crippen LogP contribution in [-0.2, 0) is 9.59 Å². The number of thioether (sulfide) groups is 1. The molecule has 1 N–H and O–H groups in total. The summed E-state index contributed by atoms with van der Waals surface area (Å²) in [4.78, 5) is 35.1. The van der Waals surface area contributed by atoms with Crippen LogP contribution in [-0.4, -0.2) is 37.7 Å². The molecule has 1 amide bonds. The minimum atomic E-state index is -0.828. The number of unbranched alkanes of at least 4 members (excludes halogenated alkanes) is 2. The maximum Gasteiger partial charge on any atom is 0.303 e. The molecule has 1 aromatic carbocycles. The molecule has 25 heavy (non-hydrogen) atoms. The molecule has 1 heterocycles. The quantitative estimate of drug-likeness (QED) is 0.242. The molecule has 0 saturated carbocycles. The molecule has 1 fully saturated rings. The van der Waals surface area contributed by atoms with Crippen molar-refractivity contribution in [3.05, 3.63) is 44.8 Å². The van der Waals surface area contributed by atoms with Gasteiger partial charge in [0.1, 0.15) is 4.32 Å². The first kappa shape index (κ1) is 19.1. The molecule has 2 rings (SSSR count). The summed E-state index contributed by atoms with van der Waals surface area (Å²) in [5.41, 5.74) is 0.527. The maximum atomic E-state index is 12.4. The van der Waals surface area contributed by atoms with Gasteiger partial charge in [0.05, 0.1) is 9.83 Å². The van der Waals surface area contributed by atoms with Gasteiger partial charge in [-0.15, -0.1) is 0 Å². The fourth-order valence-electron chi connectivity index (χ4n) is 2.30. The predicted molar refractivity (Wildman–Crippen MR) is 99.1 cm³/mol. The molecular formula is C16H16N2O5S2. The smallest absolute Gasteiger partial charge is 0.303 e. The molecule has 1 saturated heterocycles. The number of aliphatic carboxylic acids is 1. The number of nitrogens with zero attached hydrogens (tertiary/aromatic N) is 2. The Morgan fingerprint density at radius 3 is 2.80 bits per heavy atom. The Hall–Kier alpha value is -2.26. The van der Waals surface area contributed by atoms with E-state index >= 15 is 0 Å². The Kier molecular flexibility index (Phi) is 6.65. The third kappa shape index (κ3) is 5.36. The number of nitro benzene ring substituents is 1. The van der Waals surface area contributed by atoms with E-state index in [1.807, 2.05) is 0 Å². The van der Waals surface area contributed by atoms with E-state index < -0.39 is 10.9 Å². The van der Waals surface area contributed by atoms with Gasteiger partial charge in [0.25, 0.3) is 11.6 Å². The van der Waals surface area contributed by atoms with Crippen LogP contribution in [0.2, 0.25) is 0 Å². The highest BCUT2D eigenvalue weighted by molar-refractivity contribution is 8.26. The zero-order valence-corrected chi connectivity index (χ0v) is 14.8. The summed E-state index contributed by atoms with van der Waals surface area (Å²) in [5.74, 6) is -1.05. The summed E-state index contributed by atoms with van der Waals surface area (Å²) in [6.45, 7) is 0.441. The third-order valence-electron chi connectivity index (χ3n) is 3.52. The van der Waals surface area contributed by atoms with Crippen molar-refractivity contribution >= 4 is 51.9 Å². The summed E-state index contributed by atoms with van der Waals surface area (Å²) in [6.07, 6.45) is 3.65. The van der Waals surface area contributed by atoms with Gasteiger partial charge in [-0.3, -0.25) is 24.6 Å². The Bertz CT molecular complexity index is 748. The van der Waals surface area contributed by atoms with Crippen molar-refractivity contribution in [1.82, 2.24) is 4.90 Å². The highest BCUT2D eigenvalue weighted by Gasteiger charge is 2.31. The van der Waals surface area contributed by atoms with E-state index in [2.05, 4.69) is 0 Å². The number of non-ortho nitro benzene ring substituents is 1. The van der Waals surface area contributed by atoms with Crippen LogP contribution in [0.3, 0.4) is 0 Å². The lowest BCUT2D eigenvalue weighted by Crippen LogP contribution is -2.29. The lowest BCUT2D eigenvalue weighted by Gasteiger charge is -2.13. The summed E-state index contributed by atoms with van der Waals surface area (Å²) in [7, 11) is 0. The van der Waals surface area contributed by atoms with E-state index in [4.69, 9.17) is 17.3 Å². The molecule has 1 aliphatic rings. The largest absolute Gasteiger partial charge is 0.481 e. The third-order valence-corrected chi connectivity index (χ3v) is 4.90. The fourth-order valence-corrected chi connectivity index (χ4v) is 3.60. The first-order valence-electron chi connectivity index (χ1n) is 7.60. The van der Waals surface area contributed by atoms with Gasteiger partial charge in [-0.25, -0.2) is 0 Å². The lowest BCUT2D eigenvalue weighted by molar-refractivity contribution is -0.384. The van der Waals surface area contributed by atoms with Crippen molar-refractivity contribution in [2.24, 2.45) is 0 Å². The SMILES string of the molecule is O=C(O)CCCCCN1C(=O)/C(=C/c2cccc([N+](=O)[O-])c2)SC1=S. The van der Waals surface area contributed by atoms with Gasteiger partial charge in [0, 0.05) is 25.1 Å². The minimum absolute atomic E-state index is 0.0392. The number of rotatable bonds is 8. The number of nitro groups is 1. The zero-order valence-electron chi connectivity index (χ0n) is 13.2. The van der Waals surface area contributed by atoms with Gasteiger partial charge in [0.15, 0.2) is 0 Å². The van der Waals surface area contributed by atoms with Crippen molar-refractivity contribution in [3.8, 4) is 0 Å². The molecule has 9 heteroatoms. The normalized spacial score (nSPS) is 15.8. The Morgan fingerprint density at radius 1 is 1.36 bits per heavy atom. The van der Waals surface area contributed by atoms with Crippen LogP contribution in [0.4, 0.5) is 5.69 Å². The second-order valence-electron chi connectivity index (χ2n) is 5.39. The molecule has 0 bridgehead atoms. The highest BCUT2D eigenvalue weighted by Crippen LogP contribution is 2.33. The highest BCUT2D eigenvalue weighted by atomic mass is 32.2. The predicted octanol–water partition coefficient (Wildman–Crippen LogP) is 3.44.